The van der Waals surface area contributed by atoms with Crippen LogP contribution in [0.4, 0.5) is 0 Å². The normalized spacial score (nSPS) is 14.9. The van der Waals surface area contributed by atoms with E-state index in [4.69, 9.17) is 4.42 Å². The standard InChI is InChI=1S/C59H44O/c1-58(2)49-22-12-10-19-43(49)45-31-29-40(34-51(45)58)54(38-27-25-37(26-28-38)36-15-6-5-7-16-36)47-21-14-24-53-56(47)48-33-39-17-8-9-18-42(39)55(57(48)60-53)41-30-32-46-44-20-11-13-23-50(44)59(3,4)52(46)35-41/h5-35,54H,1-4H3. The number of hydrogen-bond acceptors (Lipinski definition) is 1. The number of benzene rings is 9. The molecular weight excluding hydrogens is 725 g/mol. The molecule has 0 fully saturated rings. The highest BCUT2D eigenvalue weighted by Gasteiger charge is 2.37. The van der Waals surface area contributed by atoms with Crippen molar-refractivity contribution in [2.24, 2.45) is 0 Å². The molecule has 10 aromatic rings. The molecule has 1 heterocycles. The summed E-state index contributed by atoms with van der Waals surface area (Å²) in [7, 11) is 0. The molecule has 60 heavy (non-hydrogen) atoms. The van der Waals surface area contributed by atoms with Gasteiger partial charge in [-0.15, -0.1) is 0 Å². The van der Waals surface area contributed by atoms with Crippen molar-refractivity contribution in [1.82, 2.24) is 0 Å². The summed E-state index contributed by atoms with van der Waals surface area (Å²) in [6.45, 7) is 9.47. The topological polar surface area (TPSA) is 13.1 Å². The summed E-state index contributed by atoms with van der Waals surface area (Å²) in [5.41, 5.74) is 21.0. The fourth-order valence-corrected chi connectivity index (χ4v) is 11.0. The Morgan fingerprint density at radius 3 is 1.70 bits per heavy atom. The van der Waals surface area contributed by atoms with Crippen LogP contribution in [0.2, 0.25) is 0 Å². The van der Waals surface area contributed by atoms with E-state index in [1.54, 1.807) is 0 Å². The van der Waals surface area contributed by atoms with Gasteiger partial charge in [0.25, 0.3) is 0 Å². The Morgan fingerprint density at radius 1 is 0.400 bits per heavy atom. The highest BCUT2D eigenvalue weighted by molar-refractivity contribution is 6.19. The Hall–Kier alpha value is -6.96. The van der Waals surface area contributed by atoms with Gasteiger partial charge in [-0.25, -0.2) is 0 Å². The van der Waals surface area contributed by atoms with Crippen molar-refractivity contribution in [3.63, 3.8) is 0 Å². The molecule has 1 unspecified atom stereocenters. The van der Waals surface area contributed by atoms with Gasteiger partial charge in [-0.05, 0) is 107 Å². The number of rotatable bonds is 5. The second kappa shape index (κ2) is 12.8. The molecule has 2 aliphatic carbocycles. The zero-order valence-corrected chi connectivity index (χ0v) is 34.4. The Morgan fingerprint density at radius 2 is 0.967 bits per heavy atom. The Bertz CT molecular complexity index is 3360. The molecule has 0 saturated heterocycles. The third-order valence-corrected chi connectivity index (χ3v) is 14.0. The summed E-state index contributed by atoms with van der Waals surface area (Å²) >= 11 is 0. The number of furan rings is 1. The van der Waals surface area contributed by atoms with Gasteiger partial charge in [0.15, 0.2) is 0 Å². The quantitative estimate of drug-likeness (QED) is 0.159. The predicted octanol–water partition coefficient (Wildman–Crippen LogP) is 15.9. The summed E-state index contributed by atoms with van der Waals surface area (Å²) in [5, 5.41) is 4.74. The van der Waals surface area contributed by atoms with Crippen molar-refractivity contribution in [3.05, 3.63) is 227 Å². The van der Waals surface area contributed by atoms with Gasteiger partial charge in [0.05, 0.1) is 0 Å². The first-order valence-electron chi connectivity index (χ1n) is 21.3. The molecule has 0 radical (unpaired) electrons. The number of fused-ring (bicyclic) bond motifs is 10. The average Bonchev–Trinajstić information content (AvgIpc) is 3.85. The van der Waals surface area contributed by atoms with Gasteiger partial charge in [0, 0.05) is 33.1 Å². The first-order chi connectivity index (χ1) is 29.3. The monoisotopic (exact) mass is 768 g/mol. The van der Waals surface area contributed by atoms with E-state index in [1.165, 1.54) is 94.0 Å². The van der Waals surface area contributed by atoms with E-state index in [-0.39, 0.29) is 16.7 Å². The van der Waals surface area contributed by atoms with E-state index in [2.05, 4.69) is 216 Å². The molecule has 1 heteroatoms. The van der Waals surface area contributed by atoms with Crippen LogP contribution in [0, 0.1) is 0 Å². The fourth-order valence-electron chi connectivity index (χ4n) is 11.0. The highest BCUT2D eigenvalue weighted by Crippen LogP contribution is 2.53. The maximum atomic E-state index is 7.17. The minimum Gasteiger partial charge on any atom is -0.455 e. The average molecular weight is 769 g/mol. The Balaban J connectivity index is 1.10. The third kappa shape index (κ3) is 4.99. The highest BCUT2D eigenvalue weighted by atomic mass is 16.3. The molecule has 1 aromatic heterocycles. The molecule has 1 atom stereocenters. The predicted molar refractivity (Wildman–Crippen MR) is 251 cm³/mol. The minimum absolute atomic E-state index is 0.0432. The zero-order chi connectivity index (χ0) is 40.3. The molecule has 0 bridgehead atoms. The van der Waals surface area contributed by atoms with Gasteiger partial charge < -0.3 is 4.42 Å². The van der Waals surface area contributed by atoms with Crippen LogP contribution in [0.15, 0.2) is 192 Å². The van der Waals surface area contributed by atoms with Gasteiger partial charge in [0.2, 0.25) is 0 Å². The van der Waals surface area contributed by atoms with E-state index >= 15 is 0 Å². The lowest BCUT2D eigenvalue weighted by molar-refractivity contribution is 0.658. The van der Waals surface area contributed by atoms with Crippen molar-refractivity contribution >= 4 is 32.7 Å². The smallest absolute Gasteiger partial charge is 0.143 e. The van der Waals surface area contributed by atoms with Crippen LogP contribution < -0.4 is 0 Å². The van der Waals surface area contributed by atoms with Crippen LogP contribution in [0.5, 0.6) is 0 Å². The molecule has 0 spiro atoms. The molecule has 9 aromatic carbocycles. The summed E-state index contributed by atoms with van der Waals surface area (Å²) in [5.74, 6) is -0.0432. The SMILES string of the molecule is CC1(C)c2ccccc2-c2ccc(-c3c4ccccc4cc4c3oc3cccc(C(c5ccc(-c6ccccc6)cc5)c5ccc6c(c5)C(C)(C)c5ccccc5-6)c34)cc21. The largest absolute Gasteiger partial charge is 0.455 e. The lowest BCUT2D eigenvalue weighted by atomic mass is 9.78. The van der Waals surface area contributed by atoms with Crippen molar-refractivity contribution in [2.75, 3.05) is 0 Å². The van der Waals surface area contributed by atoms with Gasteiger partial charge >= 0.3 is 0 Å². The maximum Gasteiger partial charge on any atom is 0.143 e. The second-order valence-electron chi connectivity index (χ2n) is 18.0. The maximum absolute atomic E-state index is 7.17. The molecule has 2 aliphatic rings. The fraction of sp³-hybridized carbons (Fsp3) is 0.119. The van der Waals surface area contributed by atoms with Crippen LogP contribution in [-0.4, -0.2) is 0 Å². The molecular formula is C59H44O. The lowest BCUT2D eigenvalue weighted by Crippen LogP contribution is -2.15. The van der Waals surface area contributed by atoms with E-state index < -0.39 is 0 Å². The van der Waals surface area contributed by atoms with Crippen LogP contribution in [-0.2, 0) is 10.8 Å². The molecule has 286 valence electrons. The van der Waals surface area contributed by atoms with Crippen molar-refractivity contribution in [3.8, 4) is 44.5 Å². The van der Waals surface area contributed by atoms with Crippen LogP contribution in [0.25, 0.3) is 77.2 Å². The summed E-state index contributed by atoms with van der Waals surface area (Å²) < 4.78 is 7.17. The van der Waals surface area contributed by atoms with Crippen LogP contribution >= 0.6 is 0 Å². The first-order valence-corrected chi connectivity index (χ1v) is 21.3. The van der Waals surface area contributed by atoms with Crippen molar-refractivity contribution in [2.45, 2.75) is 44.4 Å². The van der Waals surface area contributed by atoms with E-state index in [9.17, 15) is 0 Å². The second-order valence-corrected chi connectivity index (χ2v) is 18.0. The van der Waals surface area contributed by atoms with Crippen LogP contribution in [0.3, 0.4) is 0 Å². The molecule has 12 rings (SSSR count). The van der Waals surface area contributed by atoms with Gasteiger partial charge in [-0.1, -0.05) is 198 Å². The molecule has 0 saturated carbocycles. The van der Waals surface area contributed by atoms with Gasteiger partial charge in [-0.2, -0.15) is 0 Å². The van der Waals surface area contributed by atoms with Gasteiger partial charge in [0.1, 0.15) is 11.2 Å². The zero-order valence-electron chi connectivity index (χ0n) is 34.4. The van der Waals surface area contributed by atoms with E-state index in [0.717, 1.165) is 22.1 Å². The van der Waals surface area contributed by atoms with Crippen molar-refractivity contribution in [1.29, 1.82) is 0 Å². The van der Waals surface area contributed by atoms with Crippen LogP contribution in [0.1, 0.15) is 72.6 Å². The Kier molecular flexibility index (Phi) is 7.45. The summed E-state index contributed by atoms with van der Waals surface area (Å²) in [4.78, 5) is 0. The van der Waals surface area contributed by atoms with Gasteiger partial charge in [-0.3, -0.25) is 0 Å². The Labute approximate surface area is 351 Å². The van der Waals surface area contributed by atoms with Crippen molar-refractivity contribution < 1.29 is 4.42 Å². The summed E-state index contributed by atoms with van der Waals surface area (Å²) in [6, 6.07) is 70.0. The first kappa shape index (κ1) is 35.0. The van der Waals surface area contributed by atoms with E-state index in [0.29, 0.717) is 0 Å². The minimum atomic E-state index is -0.113. The molecule has 0 aliphatic heterocycles. The molecule has 1 nitrogen and oxygen atoms in total. The third-order valence-electron chi connectivity index (χ3n) is 14.0. The molecule has 0 amide bonds. The molecule has 0 N–H and O–H groups in total. The number of hydrogen-bond donors (Lipinski definition) is 0. The van der Waals surface area contributed by atoms with E-state index in [1.807, 2.05) is 0 Å². The summed E-state index contributed by atoms with van der Waals surface area (Å²) in [6.07, 6.45) is 0. The lowest BCUT2D eigenvalue weighted by Gasteiger charge is -2.25.